The molecular formula is C60H34N2O4. The van der Waals surface area contributed by atoms with E-state index in [1.165, 1.54) is 43.6 Å². The van der Waals surface area contributed by atoms with Crippen molar-refractivity contribution < 1.29 is 18.0 Å². The molecule has 0 saturated heterocycles. The molecule has 9 aromatic carbocycles. The van der Waals surface area contributed by atoms with Crippen molar-refractivity contribution in [3.63, 3.8) is 0 Å². The molecule has 0 amide bonds. The normalized spacial score (nSPS) is 16.0. The maximum absolute atomic E-state index is 6.74. The Hall–Kier alpha value is -8.74. The lowest BCUT2D eigenvalue weighted by molar-refractivity contribution is 0.269. The largest absolute Gasteiger partial charge is 0.481 e. The fourth-order valence-electron chi connectivity index (χ4n) is 11.5. The average Bonchev–Trinajstić information content (AvgIpc) is 4.22. The molecule has 6 heteroatoms. The van der Waals surface area contributed by atoms with E-state index in [0.29, 0.717) is 0 Å². The first kappa shape index (κ1) is 34.7. The van der Waals surface area contributed by atoms with Gasteiger partial charge in [0, 0.05) is 76.7 Å². The van der Waals surface area contributed by atoms with Gasteiger partial charge < -0.3 is 27.1 Å². The van der Waals surface area contributed by atoms with Gasteiger partial charge >= 0.3 is 0 Å². The van der Waals surface area contributed by atoms with Gasteiger partial charge in [0.1, 0.15) is 22.9 Å². The molecule has 2 aliphatic rings. The van der Waals surface area contributed by atoms with Crippen molar-refractivity contribution in [3.05, 3.63) is 200 Å². The van der Waals surface area contributed by atoms with E-state index in [1.807, 2.05) is 0 Å². The van der Waals surface area contributed by atoms with Crippen LogP contribution in [0.2, 0.25) is 0 Å². The Labute approximate surface area is 375 Å². The van der Waals surface area contributed by atoms with Crippen molar-refractivity contribution in [1.29, 1.82) is 0 Å². The van der Waals surface area contributed by atoms with Crippen molar-refractivity contribution in [1.82, 2.24) is 9.13 Å². The van der Waals surface area contributed by atoms with Crippen LogP contribution in [-0.2, 0) is 0 Å². The second-order valence-electron chi connectivity index (χ2n) is 17.9. The zero-order valence-electron chi connectivity index (χ0n) is 35.2. The molecule has 0 bridgehead atoms. The zero-order chi connectivity index (χ0) is 42.8. The Bertz CT molecular complexity index is 4420. The molecular weight excluding hydrogens is 813 g/mol. The molecule has 1 aliphatic carbocycles. The van der Waals surface area contributed by atoms with Gasteiger partial charge in [0.2, 0.25) is 0 Å². The molecule has 6 heterocycles. The number of fused-ring (bicyclic) bond motifs is 20. The highest BCUT2D eigenvalue weighted by atomic mass is 16.5. The number of ether oxygens (including phenoxy) is 1. The van der Waals surface area contributed by atoms with E-state index in [1.54, 1.807) is 0 Å². The van der Waals surface area contributed by atoms with Crippen molar-refractivity contribution in [3.8, 4) is 22.6 Å². The molecule has 66 heavy (non-hydrogen) atoms. The van der Waals surface area contributed by atoms with Gasteiger partial charge in [0.25, 0.3) is 0 Å². The summed E-state index contributed by atoms with van der Waals surface area (Å²) >= 11 is 0. The first-order valence-electron chi connectivity index (χ1n) is 22.6. The minimum absolute atomic E-state index is 0.0640. The Balaban J connectivity index is 0.773. The monoisotopic (exact) mass is 846 g/mol. The van der Waals surface area contributed by atoms with Gasteiger partial charge in [-0.3, -0.25) is 0 Å². The Morgan fingerprint density at radius 3 is 1.42 bits per heavy atom. The lowest BCUT2D eigenvalue weighted by Gasteiger charge is -2.20. The van der Waals surface area contributed by atoms with Gasteiger partial charge in [-0.2, -0.15) is 0 Å². The van der Waals surface area contributed by atoms with Crippen LogP contribution in [0.3, 0.4) is 0 Å². The summed E-state index contributed by atoms with van der Waals surface area (Å²) in [5.41, 5.74) is 15.1. The fourth-order valence-corrected chi connectivity index (χ4v) is 11.5. The van der Waals surface area contributed by atoms with E-state index in [0.717, 1.165) is 99.6 Å². The quantitative estimate of drug-likeness (QED) is 0.178. The van der Waals surface area contributed by atoms with E-state index in [-0.39, 0.29) is 12.0 Å². The number of hydrogen-bond acceptors (Lipinski definition) is 4. The number of allylic oxidation sites excluding steroid dienone is 2. The lowest BCUT2D eigenvalue weighted by Crippen LogP contribution is -2.18. The third-order valence-corrected chi connectivity index (χ3v) is 14.5. The standard InChI is InChI=1S/C60H34N2O4/c1-5-13-49-37(9-1)38-10-2-6-14-50(38)61(49)35-19-27-55-47(31-35)43-23-21-41-45-29-33(17-25-53(45)63-57(41)59(43)65-55)34-18-26-54-46(30-34)42-22-24-44-48-32-36(20-28-56(48)66-60(44)58(42)64-54)62-51-15-7-3-11-39(51)40-12-4-8-16-52(40)62/h1-32,47,55H. The van der Waals surface area contributed by atoms with Crippen molar-refractivity contribution in [2.45, 2.75) is 12.0 Å². The van der Waals surface area contributed by atoms with E-state index in [4.69, 9.17) is 18.0 Å². The zero-order valence-corrected chi connectivity index (χ0v) is 35.2. The van der Waals surface area contributed by atoms with E-state index in [2.05, 4.69) is 203 Å². The predicted octanol–water partition coefficient (Wildman–Crippen LogP) is 16.2. The molecule has 0 fully saturated rings. The second-order valence-corrected chi connectivity index (χ2v) is 17.9. The van der Waals surface area contributed by atoms with Crippen LogP contribution in [0.4, 0.5) is 0 Å². The summed E-state index contributed by atoms with van der Waals surface area (Å²) in [5.74, 6) is 0.893. The SMILES string of the molecule is C1=CC2Oc3c(ccc4c3oc3ccc(-c5ccc6oc7c(ccc8c9cc(-n%10c%11ccccc%11c%11ccccc%11%10)ccc9oc87)c6c5)cc34)C2C=C1n1c2ccccc2c2ccccc21. The Morgan fingerprint density at radius 1 is 0.379 bits per heavy atom. The molecule has 1 aliphatic heterocycles. The van der Waals surface area contributed by atoms with Crippen molar-refractivity contribution >= 4 is 115 Å². The van der Waals surface area contributed by atoms with Gasteiger partial charge in [-0.05, 0) is 114 Å². The molecule has 5 aromatic heterocycles. The van der Waals surface area contributed by atoms with Gasteiger partial charge in [-0.15, -0.1) is 0 Å². The van der Waals surface area contributed by atoms with Crippen LogP contribution in [0, 0.1) is 0 Å². The summed E-state index contributed by atoms with van der Waals surface area (Å²) in [6, 6.07) is 62.7. The number of benzene rings is 9. The smallest absolute Gasteiger partial charge is 0.178 e. The summed E-state index contributed by atoms with van der Waals surface area (Å²) in [7, 11) is 0. The summed E-state index contributed by atoms with van der Waals surface area (Å²) in [6.45, 7) is 0. The number of para-hydroxylation sites is 4. The van der Waals surface area contributed by atoms with E-state index < -0.39 is 0 Å². The number of nitrogens with zero attached hydrogens (tertiary/aromatic N) is 2. The molecule has 6 nitrogen and oxygen atoms in total. The summed E-state index contributed by atoms with van der Waals surface area (Å²) in [6.07, 6.45) is 6.67. The molecule has 0 spiro atoms. The predicted molar refractivity (Wildman–Crippen MR) is 268 cm³/mol. The van der Waals surface area contributed by atoms with Crippen LogP contribution < -0.4 is 4.74 Å². The maximum Gasteiger partial charge on any atom is 0.178 e. The summed E-state index contributed by atoms with van der Waals surface area (Å²) < 4.78 is 31.4. The average molecular weight is 847 g/mol. The topological polar surface area (TPSA) is 58.5 Å². The molecule has 0 N–H and O–H groups in total. The molecule has 14 aromatic rings. The van der Waals surface area contributed by atoms with Crippen molar-refractivity contribution in [2.75, 3.05) is 0 Å². The van der Waals surface area contributed by atoms with Crippen LogP contribution in [-0.4, -0.2) is 15.2 Å². The molecule has 0 saturated carbocycles. The Morgan fingerprint density at radius 2 is 0.848 bits per heavy atom. The molecule has 16 rings (SSSR count). The van der Waals surface area contributed by atoms with E-state index in [9.17, 15) is 0 Å². The fraction of sp³-hybridized carbons (Fsp3) is 0.0333. The first-order valence-corrected chi connectivity index (χ1v) is 22.6. The highest BCUT2D eigenvalue weighted by Crippen LogP contribution is 2.50. The van der Waals surface area contributed by atoms with Crippen LogP contribution in [0.25, 0.3) is 132 Å². The van der Waals surface area contributed by atoms with Crippen LogP contribution >= 0.6 is 0 Å². The highest BCUT2D eigenvalue weighted by molar-refractivity contribution is 6.20. The van der Waals surface area contributed by atoms with Crippen LogP contribution in [0.5, 0.6) is 5.75 Å². The van der Waals surface area contributed by atoms with Crippen LogP contribution in [0.1, 0.15) is 11.5 Å². The van der Waals surface area contributed by atoms with E-state index >= 15 is 0 Å². The number of hydrogen-bond donors (Lipinski definition) is 0. The number of furan rings is 3. The third kappa shape index (κ3) is 4.54. The van der Waals surface area contributed by atoms with Gasteiger partial charge in [0.05, 0.1) is 22.1 Å². The minimum Gasteiger partial charge on any atom is -0.481 e. The van der Waals surface area contributed by atoms with Crippen LogP contribution in [0.15, 0.2) is 207 Å². The number of rotatable bonds is 3. The molecule has 0 radical (unpaired) electrons. The maximum atomic E-state index is 6.74. The summed E-state index contributed by atoms with van der Waals surface area (Å²) in [5, 5.41) is 11.2. The lowest BCUT2D eigenvalue weighted by atomic mass is 9.90. The molecule has 308 valence electrons. The third-order valence-electron chi connectivity index (χ3n) is 14.5. The molecule has 2 atom stereocenters. The Kier molecular flexibility index (Phi) is 6.57. The molecule has 2 unspecified atom stereocenters. The van der Waals surface area contributed by atoms with Gasteiger partial charge in [-0.25, -0.2) is 0 Å². The first-order chi connectivity index (χ1) is 32.7. The van der Waals surface area contributed by atoms with Gasteiger partial charge in [0.15, 0.2) is 22.5 Å². The second kappa shape index (κ2) is 12.5. The van der Waals surface area contributed by atoms with Crippen molar-refractivity contribution in [2.24, 2.45) is 0 Å². The highest BCUT2D eigenvalue weighted by Gasteiger charge is 2.36. The summed E-state index contributed by atoms with van der Waals surface area (Å²) in [4.78, 5) is 0. The number of aromatic nitrogens is 2. The minimum atomic E-state index is -0.104. The van der Waals surface area contributed by atoms with Gasteiger partial charge in [-0.1, -0.05) is 91.0 Å².